The van der Waals surface area contributed by atoms with Crippen LogP contribution in [0.3, 0.4) is 0 Å². The van der Waals surface area contributed by atoms with Gasteiger partial charge in [-0.15, -0.1) is 0 Å². The minimum absolute atomic E-state index is 0.114. The highest BCUT2D eigenvalue weighted by atomic mass is 16.5. The van der Waals surface area contributed by atoms with Gasteiger partial charge in [-0.05, 0) is 49.2 Å². The van der Waals surface area contributed by atoms with Crippen LogP contribution >= 0.6 is 0 Å². The Morgan fingerprint density at radius 1 is 1.32 bits per heavy atom. The number of hydrogen-bond donors (Lipinski definition) is 0. The van der Waals surface area contributed by atoms with Crippen molar-refractivity contribution in [2.75, 3.05) is 14.2 Å². The molecule has 1 aromatic heterocycles. The third-order valence-corrected chi connectivity index (χ3v) is 4.64. The van der Waals surface area contributed by atoms with Gasteiger partial charge in [0.05, 0.1) is 13.0 Å². The number of methoxy groups -OCH3 is 1. The molecule has 1 unspecified atom stereocenters. The van der Waals surface area contributed by atoms with E-state index in [0.717, 1.165) is 26.1 Å². The zero-order valence-corrected chi connectivity index (χ0v) is 13.8. The van der Waals surface area contributed by atoms with E-state index in [9.17, 15) is 4.79 Å². The molecule has 3 rings (SSSR count). The van der Waals surface area contributed by atoms with Gasteiger partial charge in [-0.25, -0.2) is 0 Å². The number of hydrogen-bond acceptors (Lipinski definition) is 3. The Bertz CT molecular complexity index is 717. The quantitative estimate of drug-likeness (QED) is 0.814. The van der Waals surface area contributed by atoms with Gasteiger partial charge in [0.2, 0.25) is 0 Å². The van der Waals surface area contributed by atoms with E-state index in [1.807, 2.05) is 6.92 Å². The maximum atomic E-state index is 11.7. The molecule has 4 nitrogen and oxygen atoms in total. The average Bonchev–Trinajstić information content (AvgIpc) is 3.03. The van der Waals surface area contributed by atoms with Crippen molar-refractivity contribution in [2.24, 2.45) is 5.92 Å². The van der Waals surface area contributed by atoms with Crippen LogP contribution in [0.5, 0.6) is 0 Å². The molecular formula is C18H24N2O2. The number of rotatable bonds is 4. The van der Waals surface area contributed by atoms with Crippen LogP contribution in [0.1, 0.15) is 30.5 Å². The molecule has 0 bridgehead atoms. The van der Waals surface area contributed by atoms with Crippen molar-refractivity contribution in [3.63, 3.8) is 0 Å². The van der Waals surface area contributed by atoms with E-state index in [1.54, 1.807) is 0 Å². The second kappa shape index (κ2) is 5.76. The molecule has 0 N–H and O–H groups in total. The number of carbonyl (C=O) groups is 1. The monoisotopic (exact) mass is 300 g/mol. The molecule has 0 fully saturated rings. The highest BCUT2D eigenvalue weighted by molar-refractivity contribution is 5.86. The molecule has 0 saturated heterocycles. The molecule has 0 aliphatic carbocycles. The van der Waals surface area contributed by atoms with Crippen molar-refractivity contribution >= 4 is 16.9 Å². The Morgan fingerprint density at radius 3 is 2.64 bits per heavy atom. The largest absolute Gasteiger partial charge is 0.469 e. The molecule has 2 heterocycles. The van der Waals surface area contributed by atoms with Gasteiger partial charge in [0.25, 0.3) is 0 Å². The van der Waals surface area contributed by atoms with E-state index in [2.05, 4.69) is 41.8 Å². The lowest BCUT2D eigenvalue weighted by Gasteiger charge is -2.08. The summed E-state index contributed by atoms with van der Waals surface area (Å²) in [5.41, 5.74) is 5.36. The van der Waals surface area contributed by atoms with Gasteiger partial charge in [-0.2, -0.15) is 0 Å². The molecule has 1 aliphatic rings. The summed E-state index contributed by atoms with van der Waals surface area (Å²) in [6, 6.07) is 4.64. The highest BCUT2D eigenvalue weighted by Gasteiger charge is 2.21. The zero-order chi connectivity index (χ0) is 15.9. The molecular weight excluding hydrogens is 276 g/mol. The Hall–Kier alpha value is -1.81. The van der Waals surface area contributed by atoms with Crippen LogP contribution in [0.25, 0.3) is 10.9 Å². The lowest BCUT2D eigenvalue weighted by Crippen LogP contribution is -2.14. The first-order valence-corrected chi connectivity index (χ1v) is 7.93. The van der Waals surface area contributed by atoms with Crippen LogP contribution in [0.2, 0.25) is 0 Å². The molecule has 1 atom stereocenters. The van der Waals surface area contributed by atoms with Crippen molar-refractivity contribution in [3.05, 3.63) is 35.0 Å². The fraction of sp³-hybridized carbons (Fsp3) is 0.500. The van der Waals surface area contributed by atoms with Crippen molar-refractivity contribution < 1.29 is 9.53 Å². The Morgan fingerprint density at radius 2 is 2.00 bits per heavy atom. The van der Waals surface area contributed by atoms with Crippen molar-refractivity contribution in [1.29, 1.82) is 0 Å². The van der Waals surface area contributed by atoms with E-state index in [4.69, 9.17) is 4.74 Å². The topological polar surface area (TPSA) is 34.5 Å². The smallest absolute Gasteiger partial charge is 0.308 e. The molecule has 0 saturated carbocycles. The molecule has 118 valence electrons. The molecule has 2 aromatic rings. The van der Waals surface area contributed by atoms with Crippen LogP contribution in [-0.4, -0.2) is 29.6 Å². The standard InChI is InChI=1S/C18H24N2O2/c1-5-20-11-15(6-12(2)18(21)22-4)16-7-13-9-19(3)10-14(13)8-17(16)20/h7-8,11-12H,5-6,9-10H2,1-4H3. The third-order valence-electron chi connectivity index (χ3n) is 4.64. The molecule has 0 amide bonds. The van der Waals surface area contributed by atoms with Crippen molar-refractivity contribution in [3.8, 4) is 0 Å². The normalized spacial score (nSPS) is 16.0. The number of fused-ring (bicyclic) bond motifs is 2. The molecule has 1 aliphatic heterocycles. The van der Waals surface area contributed by atoms with Crippen LogP contribution in [0, 0.1) is 5.92 Å². The van der Waals surface area contributed by atoms with Gasteiger partial charge in [0.15, 0.2) is 0 Å². The fourth-order valence-electron chi connectivity index (χ4n) is 3.47. The van der Waals surface area contributed by atoms with Crippen LogP contribution < -0.4 is 0 Å². The number of carbonyl (C=O) groups excluding carboxylic acids is 1. The van der Waals surface area contributed by atoms with Gasteiger partial charge in [-0.1, -0.05) is 6.92 Å². The van der Waals surface area contributed by atoms with Gasteiger partial charge >= 0.3 is 5.97 Å². The van der Waals surface area contributed by atoms with E-state index in [-0.39, 0.29) is 11.9 Å². The number of ether oxygens (including phenoxy) is 1. The number of aromatic nitrogens is 1. The Labute approximate surface area is 131 Å². The number of aryl methyl sites for hydroxylation is 1. The zero-order valence-electron chi connectivity index (χ0n) is 13.8. The number of nitrogens with zero attached hydrogens (tertiary/aromatic N) is 2. The van der Waals surface area contributed by atoms with Gasteiger partial charge in [-0.3, -0.25) is 9.69 Å². The van der Waals surface area contributed by atoms with Gasteiger partial charge in [0, 0.05) is 36.7 Å². The lowest BCUT2D eigenvalue weighted by molar-refractivity contribution is -0.144. The summed E-state index contributed by atoms with van der Waals surface area (Å²) >= 11 is 0. The molecule has 4 heteroatoms. The summed E-state index contributed by atoms with van der Waals surface area (Å²) < 4.78 is 7.15. The summed E-state index contributed by atoms with van der Waals surface area (Å²) in [6.07, 6.45) is 2.92. The number of esters is 1. The van der Waals surface area contributed by atoms with Crippen LogP contribution in [0.15, 0.2) is 18.3 Å². The summed E-state index contributed by atoms with van der Waals surface area (Å²) in [6.45, 7) is 7.06. The molecule has 1 aromatic carbocycles. The molecule has 0 spiro atoms. The highest BCUT2D eigenvalue weighted by Crippen LogP contribution is 2.31. The van der Waals surface area contributed by atoms with E-state index < -0.39 is 0 Å². The van der Waals surface area contributed by atoms with Crippen molar-refractivity contribution in [2.45, 2.75) is 39.9 Å². The predicted molar refractivity (Wildman–Crippen MR) is 87.7 cm³/mol. The molecule has 0 radical (unpaired) electrons. The minimum Gasteiger partial charge on any atom is -0.469 e. The van der Waals surface area contributed by atoms with E-state index >= 15 is 0 Å². The minimum atomic E-state index is -0.140. The van der Waals surface area contributed by atoms with Crippen molar-refractivity contribution in [1.82, 2.24) is 9.47 Å². The first-order chi connectivity index (χ1) is 10.5. The Kier molecular flexibility index (Phi) is 3.96. The van der Waals surface area contributed by atoms with Crippen LogP contribution in [-0.2, 0) is 35.6 Å². The summed E-state index contributed by atoms with van der Waals surface area (Å²) in [4.78, 5) is 14.1. The molecule has 22 heavy (non-hydrogen) atoms. The van der Waals surface area contributed by atoms with Crippen LogP contribution in [0.4, 0.5) is 0 Å². The predicted octanol–water partition coefficient (Wildman–Crippen LogP) is 2.96. The SMILES string of the molecule is CCn1cc(CC(C)C(=O)OC)c2cc3c(cc21)CN(C)C3. The first kappa shape index (κ1) is 15.1. The second-order valence-electron chi connectivity index (χ2n) is 6.38. The summed E-state index contributed by atoms with van der Waals surface area (Å²) in [5.74, 6) is -0.255. The number of benzene rings is 1. The summed E-state index contributed by atoms with van der Waals surface area (Å²) in [5, 5.41) is 1.28. The maximum absolute atomic E-state index is 11.7. The first-order valence-electron chi connectivity index (χ1n) is 7.93. The lowest BCUT2D eigenvalue weighted by atomic mass is 9.99. The fourth-order valence-corrected chi connectivity index (χ4v) is 3.47. The third kappa shape index (κ3) is 2.52. The van der Waals surface area contributed by atoms with E-state index in [0.29, 0.717) is 0 Å². The summed E-state index contributed by atoms with van der Waals surface area (Å²) in [7, 11) is 3.61. The van der Waals surface area contributed by atoms with Gasteiger partial charge in [0.1, 0.15) is 0 Å². The van der Waals surface area contributed by atoms with E-state index in [1.165, 1.54) is 34.7 Å². The Balaban J connectivity index is 2.04. The second-order valence-corrected chi connectivity index (χ2v) is 6.38. The average molecular weight is 300 g/mol. The maximum Gasteiger partial charge on any atom is 0.308 e. The van der Waals surface area contributed by atoms with Gasteiger partial charge < -0.3 is 9.30 Å².